The topological polar surface area (TPSA) is 50.1 Å². The van der Waals surface area contributed by atoms with E-state index in [1.165, 1.54) is 24.1 Å². The number of aryl methyl sites for hydroxylation is 1. The van der Waals surface area contributed by atoms with E-state index in [2.05, 4.69) is 22.0 Å². The van der Waals surface area contributed by atoms with Crippen molar-refractivity contribution in [3.8, 4) is 0 Å². The normalized spacial score (nSPS) is 21.1. The first-order valence-corrected chi connectivity index (χ1v) is 5.70. The van der Waals surface area contributed by atoms with Gasteiger partial charge in [-0.25, -0.2) is 0 Å². The summed E-state index contributed by atoms with van der Waals surface area (Å²) < 4.78 is 2.08. The molecule has 2 N–H and O–H groups in total. The number of aliphatic hydroxyl groups is 1. The van der Waals surface area contributed by atoms with Crippen LogP contribution in [0.1, 0.15) is 36.7 Å². The molecule has 0 radical (unpaired) electrons. The number of aromatic nitrogens is 2. The first kappa shape index (κ1) is 10.6. The van der Waals surface area contributed by atoms with Gasteiger partial charge in [0.15, 0.2) is 0 Å². The zero-order valence-electron chi connectivity index (χ0n) is 9.24. The Morgan fingerprint density at radius 2 is 2.53 bits per heavy atom. The van der Waals surface area contributed by atoms with Crippen molar-refractivity contribution in [3.05, 3.63) is 17.5 Å². The average molecular weight is 209 g/mol. The monoisotopic (exact) mass is 209 g/mol. The van der Waals surface area contributed by atoms with Crippen LogP contribution in [0, 0.1) is 6.92 Å². The zero-order valence-corrected chi connectivity index (χ0v) is 9.24. The smallest absolute Gasteiger partial charge is 0.102 e. The molecular weight excluding hydrogens is 190 g/mol. The van der Waals surface area contributed by atoms with Crippen molar-refractivity contribution in [3.63, 3.8) is 0 Å². The SMILES string of the molecule is Cc1c(CCCO)cnn1C1CCCN1. The number of nitrogens with zero attached hydrogens (tertiary/aromatic N) is 2. The summed E-state index contributed by atoms with van der Waals surface area (Å²) in [6, 6.07) is 0. The molecule has 1 atom stereocenters. The van der Waals surface area contributed by atoms with Crippen molar-refractivity contribution in [2.75, 3.05) is 13.2 Å². The standard InChI is InChI=1S/C11H19N3O/c1-9-10(4-3-7-15)8-13-14(9)11-5-2-6-12-11/h8,11-12,15H,2-7H2,1H3. The Labute approximate surface area is 90.3 Å². The van der Waals surface area contributed by atoms with Gasteiger partial charge in [0.25, 0.3) is 0 Å². The third-order valence-electron chi connectivity index (χ3n) is 3.08. The molecule has 0 saturated carbocycles. The third-order valence-corrected chi connectivity index (χ3v) is 3.08. The van der Waals surface area contributed by atoms with Crippen LogP contribution >= 0.6 is 0 Å². The summed E-state index contributed by atoms with van der Waals surface area (Å²) in [5.41, 5.74) is 2.50. The van der Waals surface area contributed by atoms with E-state index in [4.69, 9.17) is 5.11 Å². The van der Waals surface area contributed by atoms with Crippen LogP contribution in [-0.2, 0) is 6.42 Å². The fourth-order valence-corrected chi connectivity index (χ4v) is 2.16. The average Bonchev–Trinajstić information content (AvgIpc) is 2.84. The molecule has 2 rings (SSSR count). The van der Waals surface area contributed by atoms with Crippen molar-refractivity contribution >= 4 is 0 Å². The minimum Gasteiger partial charge on any atom is -0.396 e. The molecule has 1 aromatic rings. The predicted octanol–water partition coefficient (Wildman–Crippen LogP) is 0.998. The molecule has 1 aromatic heterocycles. The van der Waals surface area contributed by atoms with E-state index >= 15 is 0 Å². The lowest BCUT2D eigenvalue weighted by atomic mass is 10.1. The molecule has 1 aliphatic rings. The molecule has 0 aliphatic carbocycles. The molecule has 84 valence electrons. The Bertz CT molecular complexity index is 316. The lowest BCUT2D eigenvalue weighted by Crippen LogP contribution is -2.21. The van der Waals surface area contributed by atoms with Gasteiger partial charge in [0.2, 0.25) is 0 Å². The van der Waals surface area contributed by atoms with Gasteiger partial charge in [0.1, 0.15) is 6.17 Å². The van der Waals surface area contributed by atoms with Crippen LogP contribution in [0.5, 0.6) is 0 Å². The Morgan fingerprint density at radius 1 is 1.67 bits per heavy atom. The first-order valence-electron chi connectivity index (χ1n) is 5.70. The van der Waals surface area contributed by atoms with Gasteiger partial charge in [-0.3, -0.25) is 10.00 Å². The zero-order chi connectivity index (χ0) is 10.7. The first-order chi connectivity index (χ1) is 7.33. The highest BCUT2D eigenvalue weighted by molar-refractivity contribution is 5.16. The van der Waals surface area contributed by atoms with Crippen LogP contribution in [0.4, 0.5) is 0 Å². The number of aliphatic hydroxyl groups excluding tert-OH is 1. The van der Waals surface area contributed by atoms with Gasteiger partial charge >= 0.3 is 0 Å². The Hall–Kier alpha value is -0.870. The van der Waals surface area contributed by atoms with Crippen LogP contribution in [-0.4, -0.2) is 28.0 Å². The largest absolute Gasteiger partial charge is 0.396 e. The highest BCUT2D eigenvalue weighted by Gasteiger charge is 2.19. The van der Waals surface area contributed by atoms with Gasteiger partial charge < -0.3 is 5.11 Å². The van der Waals surface area contributed by atoms with E-state index in [0.717, 1.165) is 19.4 Å². The summed E-state index contributed by atoms with van der Waals surface area (Å²) in [6.07, 6.45) is 6.47. The van der Waals surface area contributed by atoms with E-state index in [1.807, 2.05) is 6.20 Å². The van der Waals surface area contributed by atoms with Gasteiger partial charge in [0, 0.05) is 12.3 Å². The maximum absolute atomic E-state index is 8.80. The summed E-state index contributed by atoms with van der Waals surface area (Å²) in [4.78, 5) is 0. The van der Waals surface area contributed by atoms with Crippen molar-refractivity contribution in [1.29, 1.82) is 0 Å². The van der Waals surface area contributed by atoms with Gasteiger partial charge in [0.05, 0.1) is 6.20 Å². The lowest BCUT2D eigenvalue weighted by molar-refractivity contribution is 0.288. The van der Waals surface area contributed by atoms with Crippen LogP contribution < -0.4 is 5.32 Å². The summed E-state index contributed by atoms with van der Waals surface area (Å²) in [5, 5.41) is 16.7. The second kappa shape index (κ2) is 4.77. The van der Waals surface area contributed by atoms with Crippen LogP contribution in [0.25, 0.3) is 0 Å². The molecular formula is C11H19N3O. The molecule has 1 aliphatic heterocycles. The number of rotatable bonds is 4. The molecule has 4 nitrogen and oxygen atoms in total. The quantitative estimate of drug-likeness (QED) is 0.777. The van der Waals surface area contributed by atoms with Crippen molar-refractivity contribution < 1.29 is 5.11 Å². The minimum absolute atomic E-state index is 0.256. The fraction of sp³-hybridized carbons (Fsp3) is 0.727. The summed E-state index contributed by atoms with van der Waals surface area (Å²) >= 11 is 0. The van der Waals surface area contributed by atoms with Gasteiger partial charge in [-0.2, -0.15) is 5.10 Å². The van der Waals surface area contributed by atoms with E-state index in [9.17, 15) is 0 Å². The van der Waals surface area contributed by atoms with Gasteiger partial charge in [-0.15, -0.1) is 0 Å². The minimum atomic E-state index is 0.256. The summed E-state index contributed by atoms with van der Waals surface area (Å²) in [7, 11) is 0. The molecule has 1 unspecified atom stereocenters. The molecule has 0 amide bonds. The Balaban J connectivity index is 2.08. The predicted molar refractivity (Wildman–Crippen MR) is 58.6 cm³/mol. The van der Waals surface area contributed by atoms with Crippen LogP contribution in [0.3, 0.4) is 0 Å². The molecule has 2 heterocycles. The summed E-state index contributed by atoms with van der Waals surface area (Å²) in [5.74, 6) is 0. The lowest BCUT2D eigenvalue weighted by Gasteiger charge is -2.13. The molecule has 4 heteroatoms. The molecule has 1 fully saturated rings. The van der Waals surface area contributed by atoms with E-state index in [1.54, 1.807) is 0 Å². The number of hydrogen-bond donors (Lipinski definition) is 2. The van der Waals surface area contributed by atoms with Gasteiger partial charge in [-0.1, -0.05) is 0 Å². The number of nitrogens with one attached hydrogen (secondary N) is 1. The fourth-order valence-electron chi connectivity index (χ4n) is 2.16. The van der Waals surface area contributed by atoms with Crippen LogP contribution in [0.2, 0.25) is 0 Å². The van der Waals surface area contributed by atoms with E-state index in [-0.39, 0.29) is 6.61 Å². The maximum atomic E-state index is 8.80. The van der Waals surface area contributed by atoms with E-state index in [0.29, 0.717) is 6.17 Å². The maximum Gasteiger partial charge on any atom is 0.102 e. The van der Waals surface area contributed by atoms with Crippen molar-refractivity contribution in [2.45, 2.75) is 38.8 Å². The molecule has 15 heavy (non-hydrogen) atoms. The molecule has 0 aromatic carbocycles. The Kier molecular flexibility index (Phi) is 3.38. The van der Waals surface area contributed by atoms with Crippen molar-refractivity contribution in [2.24, 2.45) is 0 Å². The van der Waals surface area contributed by atoms with E-state index < -0.39 is 0 Å². The molecule has 0 bridgehead atoms. The number of hydrogen-bond acceptors (Lipinski definition) is 3. The molecule has 0 spiro atoms. The van der Waals surface area contributed by atoms with Crippen LogP contribution in [0.15, 0.2) is 6.20 Å². The molecule has 1 saturated heterocycles. The van der Waals surface area contributed by atoms with Gasteiger partial charge in [-0.05, 0) is 44.7 Å². The highest BCUT2D eigenvalue weighted by atomic mass is 16.2. The summed E-state index contributed by atoms with van der Waals surface area (Å²) in [6.45, 7) is 3.46. The Morgan fingerprint density at radius 3 is 3.20 bits per heavy atom. The second-order valence-electron chi connectivity index (χ2n) is 4.14. The third kappa shape index (κ3) is 2.21. The van der Waals surface area contributed by atoms with Crippen molar-refractivity contribution in [1.82, 2.24) is 15.1 Å². The highest BCUT2D eigenvalue weighted by Crippen LogP contribution is 2.20. The second-order valence-corrected chi connectivity index (χ2v) is 4.14.